The number of carboxylic acid groups (broad SMARTS) is 1. The predicted octanol–water partition coefficient (Wildman–Crippen LogP) is 2.98. The molecule has 1 aromatic heterocycles. The van der Waals surface area contributed by atoms with Crippen molar-refractivity contribution in [2.45, 2.75) is 12.8 Å². The van der Waals surface area contributed by atoms with Crippen LogP contribution in [0, 0.1) is 5.82 Å². The normalized spacial score (nSPS) is 10.4. The quantitative estimate of drug-likeness (QED) is 0.915. The van der Waals surface area contributed by atoms with Crippen LogP contribution in [0.5, 0.6) is 5.75 Å². The lowest BCUT2D eigenvalue weighted by Gasteiger charge is -2.03. The van der Waals surface area contributed by atoms with Gasteiger partial charge in [-0.1, -0.05) is 0 Å². The van der Waals surface area contributed by atoms with Gasteiger partial charge in [0.05, 0.1) is 19.2 Å². The third kappa shape index (κ3) is 3.29. The molecule has 0 saturated heterocycles. The summed E-state index contributed by atoms with van der Waals surface area (Å²) < 4.78 is 18.2. The smallest absolute Gasteiger partial charge is 0.303 e. The fourth-order valence-electron chi connectivity index (χ4n) is 1.58. The van der Waals surface area contributed by atoms with Gasteiger partial charge in [-0.15, -0.1) is 11.3 Å². The Balaban J connectivity index is 2.20. The second-order valence-electron chi connectivity index (χ2n) is 3.89. The molecule has 2 aromatic rings. The van der Waals surface area contributed by atoms with E-state index in [4.69, 9.17) is 9.84 Å². The van der Waals surface area contributed by atoms with Gasteiger partial charge >= 0.3 is 5.97 Å². The van der Waals surface area contributed by atoms with Gasteiger partial charge in [0, 0.05) is 17.4 Å². The molecule has 0 amide bonds. The maximum absolute atomic E-state index is 13.3. The Morgan fingerprint density at radius 3 is 3.00 bits per heavy atom. The largest absolute Gasteiger partial charge is 0.494 e. The van der Waals surface area contributed by atoms with Crippen molar-refractivity contribution >= 4 is 17.3 Å². The average Bonchev–Trinajstić information content (AvgIpc) is 2.86. The monoisotopic (exact) mass is 281 g/mol. The van der Waals surface area contributed by atoms with Gasteiger partial charge in [0.25, 0.3) is 0 Å². The molecule has 0 aliphatic carbocycles. The number of rotatable bonds is 5. The highest BCUT2D eigenvalue weighted by atomic mass is 32.1. The van der Waals surface area contributed by atoms with Crippen LogP contribution in [0.15, 0.2) is 23.6 Å². The zero-order valence-electron chi connectivity index (χ0n) is 10.2. The maximum Gasteiger partial charge on any atom is 0.303 e. The first-order valence-electron chi connectivity index (χ1n) is 5.60. The minimum Gasteiger partial charge on any atom is -0.494 e. The highest BCUT2D eigenvalue weighted by Gasteiger charge is 2.09. The number of methoxy groups -OCH3 is 1. The zero-order valence-corrected chi connectivity index (χ0v) is 11.0. The summed E-state index contributed by atoms with van der Waals surface area (Å²) in [4.78, 5) is 14.8. The van der Waals surface area contributed by atoms with Crippen LogP contribution < -0.4 is 4.74 Å². The number of aromatic nitrogens is 1. The molecule has 0 aliphatic rings. The summed E-state index contributed by atoms with van der Waals surface area (Å²) in [6.45, 7) is 0. The molecular weight excluding hydrogens is 269 g/mol. The first-order chi connectivity index (χ1) is 9.10. The fourth-order valence-corrected chi connectivity index (χ4v) is 2.43. The van der Waals surface area contributed by atoms with Gasteiger partial charge in [-0.2, -0.15) is 0 Å². The lowest BCUT2D eigenvalue weighted by atomic mass is 10.2. The van der Waals surface area contributed by atoms with Crippen molar-refractivity contribution in [2.24, 2.45) is 0 Å². The van der Waals surface area contributed by atoms with Crippen molar-refractivity contribution in [2.75, 3.05) is 7.11 Å². The van der Waals surface area contributed by atoms with Gasteiger partial charge < -0.3 is 9.84 Å². The van der Waals surface area contributed by atoms with Crippen LogP contribution in [-0.4, -0.2) is 23.2 Å². The third-order valence-corrected chi connectivity index (χ3v) is 3.48. The lowest BCUT2D eigenvalue weighted by Crippen LogP contribution is -1.97. The van der Waals surface area contributed by atoms with E-state index in [0.717, 1.165) is 16.3 Å². The summed E-state index contributed by atoms with van der Waals surface area (Å²) in [6, 6.07) is 4.53. The van der Waals surface area contributed by atoms with Crippen LogP contribution in [-0.2, 0) is 11.2 Å². The number of carboxylic acids is 1. The molecule has 19 heavy (non-hydrogen) atoms. The number of halogens is 1. The first kappa shape index (κ1) is 13.5. The molecule has 1 heterocycles. The van der Waals surface area contributed by atoms with Crippen LogP contribution in [0.4, 0.5) is 4.39 Å². The van der Waals surface area contributed by atoms with E-state index >= 15 is 0 Å². The molecule has 0 radical (unpaired) electrons. The van der Waals surface area contributed by atoms with Gasteiger partial charge in [-0.3, -0.25) is 4.79 Å². The van der Waals surface area contributed by atoms with Crippen LogP contribution >= 0.6 is 11.3 Å². The number of aryl methyl sites for hydroxylation is 1. The van der Waals surface area contributed by atoms with E-state index in [0.29, 0.717) is 6.42 Å². The Labute approximate surface area is 113 Å². The minimum atomic E-state index is -0.849. The van der Waals surface area contributed by atoms with E-state index < -0.39 is 11.8 Å². The Morgan fingerprint density at radius 1 is 1.53 bits per heavy atom. The maximum atomic E-state index is 13.3. The molecule has 0 fully saturated rings. The summed E-state index contributed by atoms with van der Waals surface area (Å²) >= 11 is 1.40. The molecule has 0 unspecified atom stereocenters. The number of hydrogen-bond donors (Lipinski definition) is 1. The Hall–Kier alpha value is -1.95. The SMILES string of the molecule is COc1cc(-c2nc(CCC(=O)O)cs2)ccc1F. The molecule has 0 aliphatic heterocycles. The number of ether oxygens (including phenoxy) is 1. The third-order valence-electron chi connectivity index (χ3n) is 2.54. The molecule has 2 rings (SSSR count). The molecule has 0 spiro atoms. The van der Waals surface area contributed by atoms with Gasteiger partial charge in [-0.25, -0.2) is 9.37 Å². The molecule has 0 atom stereocenters. The van der Waals surface area contributed by atoms with Gasteiger partial charge in [-0.05, 0) is 18.2 Å². The van der Waals surface area contributed by atoms with Crippen LogP contribution in [0.3, 0.4) is 0 Å². The highest BCUT2D eigenvalue weighted by Crippen LogP contribution is 2.28. The standard InChI is InChI=1S/C13H12FNO3S/c1-18-11-6-8(2-4-10(11)14)13-15-9(7-19-13)3-5-12(16)17/h2,4,6-7H,3,5H2,1H3,(H,16,17). The summed E-state index contributed by atoms with van der Waals surface area (Å²) in [7, 11) is 1.41. The molecule has 0 saturated carbocycles. The number of thiazole rings is 1. The Kier molecular flexibility index (Phi) is 4.11. The van der Waals surface area contributed by atoms with E-state index in [2.05, 4.69) is 4.98 Å². The molecule has 100 valence electrons. The number of hydrogen-bond acceptors (Lipinski definition) is 4. The summed E-state index contributed by atoms with van der Waals surface area (Å²) in [5.41, 5.74) is 1.48. The Morgan fingerprint density at radius 2 is 2.32 bits per heavy atom. The number of aliphatic carboxylic acids is 1. The summed E-state index contributed by atoms with van der Waals surface area (Å²) in [5, 5.41) is 11.1. The topological polar surface area (TPSA) is 59.4 Å². The van der Waals surface area contributed by atoms with E-state index in [1.54, 1.807) is 12.1 Å². The zero-order chi connectivity index (χ0) is 13.8. The first-order valence-corrected chi connectivity index (χ1v) is 6.48. The molecular formula is C13H12FNO3S. The Bertz CT molecular complexity index is 597. The second kappa shape index (κ2) is 5.79. The number of carbonyl (C=O) groups is 1. The molecule has 4 nitrogen and oxygen atoms in total. The molecule has 6 heteroatoms. The van der Waals surface area contributed by atoms with Crippen molar-refractivity contribution < 1.29 is 19.0 Å². The van der Waals surface area contributed by atoms with Gasteiger partial charge in [0.1, 0.15) is 5.01 Å². The van der Waals surface area contributed by atoms with E-state index in [-0.39, 0.29) is 12.2 Å². The molecule has 0 bridgehead atoms. The highest BCUT2D eigenvalue weighted by molar-refractivity contribution is 7.13. The average molecular weight is 281 g/mol. The van der Waals surface area contributed by atoms with Gasteiger partial charge in [0.15, 0.2) is 11.6 Å². The number of benzene rings is 1. The van der Waals surface area contributed by atoms with Crippen molar-refractivity contribution in [3.63, 3.8) is 0 Å². The number of nitrogens with zero attached hydrogens (tertiary/aromatic N) is 1. The van der Waals surface area contributed by atoms with Crippen molar-refractivity contribution in [1.29, 1.82) is 0 Å². The minimum absolute atomic E-state index is 0.0515. The molecule has 1 aromatic carbocycles. The van der Waals surface area contributed by atoms with E-state index in [1.807, 2.05) is 5.38 Å². The van der Waals surface area contributed by atoms with Crippen LogP contribution in [0.25, 0.3) is 10.6 Å². The second-order valence-corrected chi connectivity index (χ2v) is 4.75. The van der Waals surface area contributed by atoms with Crippen LogP contribution in [0.1, 0.15) is 12.1 Å². The van der Waals surface area contributed by atoms with Gasteiger partial charge in [0.2, 0.25) is 0 Å². The predicted molar refractivity (Wildman–Crippen MR) is 70.0 cm³/mol. The fraction of sp³-hybridized carbons (Fsp3) is 0.231. The lowest BCUT2D eigenvalue weighted by molar-refractivity contribution is -0.136. The molecule has 1 N–H and O–H groups in total. The summed E-state index contributed by atoms with van der Waals surface area (Å²) in [5.74, 6) is -1.10. The van der Waals surface area contributed by atoms with Crippen molar-refractivity contribution in [1.82, 2.24) is 4.98 Å². The van der Waals surface area contributed by atoms with E-state index in [9.17, 15) is 9.18 Å². The van der Waals surface area contributed by atoms with Crippen LogP contribution in [0.2, 0.25) is 0 Å². The van der Waals surface area contributed by atoms with Crippen molar-refractivity contribution in [3.05, 3.63) is 35.1 Å². The van der Waals surface area contributed by atoms with E-state index in [1.165, 1.54) is 24.5 Å². The summed E-state index contributed by atoms with van der Waals surface area (Å²) in [6.07, 6.45) is 0.445. The van der Waals surface area contributed by atoms with Crippen molar-refractivity contribution in [3.8, 4) is 16.3 Å².